The predicted octanol–water partition coefficient (Wildman–Crippen LogP) is 3.71. The van der Waals surface area contributed by atoms with Crippen molar-refractivity contribution in [2.75, 3.05) is 5.32 Å². The van der Waals surface area contributed by atoms with Crippen LogP contribution in [0.1, 0.15) is 36.0 Å². The maximum atomic E-state index is 12.2. The Hall–Kier alpha value is -1.88. The fraction of sp³-hybridized carbons (Fsp3) is 0.333. The zero-order valence-electron chi connectivity index (χ0n) is 11.8. The second-order valence-electron chi connectivity index (χ2n) is 5.37. The number of carbonyl (C=O) groups is 1. The highest BCUT2D eigenvalue weighted by Gasteiger charge is 2.19. The molecule has 0 bridgehead atoms. The zero-order chi connectivity index (χ0) is 14.6. The summed E-state index contributed by atoms with van der Waals surface area (Å²) in [6.07, 6.45) is 1.81. The number of nitrogens with zero attached hydrogens (tertiary/aromatic N) is 1. The first-order chi connectivity index (χ1) is 9.46. The highest BCUT2D eigenvalue weighted by Crippen LogP contribution is 2.20. The Labute approximate surface area is 122 Å². The summed E-state index contributed by atoms with van der Waals surface area (Å²) in [5, 5.41) is 3.25. The van der Waals surface area contributed by atoms with Gasteiger partial charge in [0.25, 0.3) is 0 Å². The third-order valence-corrected chi connectivity index (χ3v) is 3.26. The number of carbonyl (C=O) groups excluding carboxylic acids is 1. The van der Waals surface area contributed by atoms with Gasteiger partial charge in [-0.25, -0.2) is 4.79 Å². The van der Waals surface area contributed by atoms with E-state index in [-0.39, 0.29) is 5.97 Å². The maximum absolute atomic E-state index is 12.2. The molecule has 1 aromatic heterocycles. The summed E-state index contributed by atoms with van der Waals surface area (Å²) in [6, 6.07) is 7.36. The Morgan fingerprint density at radius 2 is 2.10 bits per heavy atom. The highest BCUT2D eigenvalue weighted by molar-refractivity contribution is 7.09. The summed E-state index contributed by atoms with van der Waals surface area (Å²) < 4.78 is 5.41. The van der Waals surface area contributed by atoms with Crippen molar-refractivity contribution < 1.29 is 9.53 Å². The Morgan fingerprint density at radius 1 is 1.35 bits per heavy atom. The van der Waals surface area contributed by atoms with E-state index in [0.29, 0.717) is 12.1 Å². The van der Waals surface area contributed by atoms with E-state index in [0.717, 1.165) is 10.6 Å². The molecule has 0 radical (unpaired) electrons. The van der Waals surface area contributed by atoms with Gasteiger partial charge in [-0.3, -0.25) is 4.98 Å². The van der Waals surface area contributed by atoms with Crippen LogP contribution in [0.2, 0.25) is 0 Å². The molecule has 1 N–H and O–H groups in total. The molecule has 4 nitrogen and oxygen atoms in total. The molecule has 1 heterocycles. The van der Waals surface area contributed by atoms with Gasteiger partial charge in [0.05, 0.1) is 17.6 Å². The molecular formula is C15H18N2O2S. The summed E-state index contributed by atoms with van der Waals surface area (Å²) in [6.45, 7) is 6.22. The molecule has 2 rings (SSSR count). The smallest absolute Gasteiger partial charge is 0.340 e. The van der Waals surface area contributed by atoms with Crippen LogP contribution in [0.4, 0.5) is 5.69 Å². The summed E-state index contributed by atoms with van der Waals surface area (Å²) >= 11 is 1.58. The van der Waals surface area contributed by atoms with Gasteiger partial charge in [0.2, 0.25) is 0 Å². The monoisotopic (exact) mass is 290 g/mol. The minimum Gasteiger partial charge on any atom is -0.456 e. The molecule has 2 aromatic rings. The molecule has 0 fully saturated rings. The molecule has 1 aromatic carbocycles. The number of thiazole rings is 1. The molecule has 0 saturated carbocycles. The molecule has 0 aliphatic heterocycles. The van der Waals surface area contributed by atoms with Crippen molar-refractivity contribution in [3.63, 3.8) is 0 Å². The minimum atomic E-state index is -0.498. The van der Waals surface area contributed by atoms with E-state index in [1.165, 1.54) is 0 Å². The van der Waals surface area contributed by atoms with Crippen molar-refractivity contribution in [2.45, 2.75) is 32.9 Å². The normalized spacial score (nSPS) is 11.2. The Morgan fingerprint density at radius 3 is 2.75 bits per heavy atom. The van der Waals surface area contributed by atoms with Crippen LogP contribution in [0.3, 0.4) is 0 Å². The van der Waals surface area contributed by atoms with Crippen LogP contribution in [0, 0.1) is 0 Å². The van der Waals surface area contributed by atoms with E-state index in [4.69, 9.17) is 4.74 Å². The maximum Gasteiger partial charge on any atom is 0.340 e. The summed E-state index contributed by atoms with van der Waals surface area (Å²) in [5.74, 6) is -0.315. The Kier molecular flexibility index (Phi) is 4.39. The fourth-order valence-electron chi connectivity index (χ4n) is 1.66. The number of ether oxygens (including phenoxy) is 1. The molecule has 0 aliphatic carbocycles. The largest absolute Gasteiger partial charge is 0.456 e. The van der Waals surface area contributed by atoms with E-state index in [1.54, 1.807) is 22.9 Å². The van der Waals surface area contributed by atoms with Crippen molar-refractivity contribution in [2.24, 2.45) is 0 Å². The van der Waals surface area contributed by atoms with E-state index in [2.05, 4.69) is 10.3 Å². The molecular weight excluding hydrogens is 272 g/mol. The van der Waals surface area contributed by atoms with Gasteiger partial charge in [0.15, 0.2) is 0 Å². The highest BCUT2D eigenvalue weighted by atomic mass is 32.1. The fourth-order valence-corrected chi connectivity index (χ4v) is 2.19. The number of esters is 1. The topological polar surface area (TPSA) is 51.2 Å². The first kappa shape index (κ1) is 14.5. The van der Waals surface area contributed by atoms with Gasteiger partial charge in [-0.1, -0.05) is 12.1 Å². The quantitative estimate of drug-likeness (QED) is 0.872. The number of nitrogens with one attached hydrogen (secondary N) is 1. The van der Waals surface area contributed by atoms with Crippen LogP contribution in [-0.2, 0) is 11.3 Å². The second kappa shape index (κ2) is 6.05. The third-order valence-electron chi connectivity index (χ3n) is 2.48. The van der Waals surface area contributed by atoms with Crippen molar-refractivity contribution >= 4 is 23.0 Å². The van der Waals surface area contributed by atoms with Crippen LogP contribution in [0.5, 0.6) is 0 Å². The van der Waals surface area contributed by atoms with E-state index >= 15 is 0 Å². The second-order valence-corrected chi connectivity index (χ2v) is 6.34. The minimum absolute atomic E-state index is 0.315. The number of hydrogen-bond donors (Lipinski definition) is 1. The van der Waals surface area contributed by atoms with Gasteiger partial charge in [-0.2, -0.15) is 0 Å². The lowest BCUT2D eigenvalue weighted by Crippen LogP contribution is -2.24. The van der Waals surface area contributed by atoms with Gasteiger partial charge in [-0.05, 0) is 32.9 Å². The van der Waals surface area contributed by atoms with Crippen molar-refractivity contribution in [3.8, 4) is 0 Å². The molecule has 0 saturated heterocycles. The van der Waals surface area contributed by atoms with E-state index in [1.807, 2.05) is 45.2 Å². The summed E-state index contributed by atoms with van der Waals surface area (Å²) in [5.41, 5.74) is 2.61. The number of anilines is 1. The summed E-state index contributed by atoms with van der Waals surface area (Å²) in [7, 11) is 0. The molecule has 0 spiro atoms. The number of aromatic nitrogens is 1. The molecule has 5 heteroatoms. The van der Waals surface area contributed by atoms with Crippen molar-refractivity contribution in [1.82, 2.24) is 4.98 Å². The van der Waals surface area contributed by atoms with Crippen LogP contribution in [0.15, 0.2) is 36.0 Å². The average molecular weight is 290 g/mol. The number of para-hydroxylation sites is 1. The van der Waals surface area contributed by atoms with E-state index < -0.39 is 5.60 Å². The van der Waals surface area contributed by atoms with Crippen molar-refractivity contribution in [3.05, 3.63) is 46.4 Å². The lowest BCUT2D eigenvalue weighted by atomic mass is 10.1. The Bertz CT molecular complexity index is 574. The van der Waals surface area contributed by atoms with Crippen LogP contribution in [0.25, 0.3) is 0 Å². The van der Waals surface area contributed by atoms with Gasteiger partial charge >= 0.3 is 5.97 Å². The number of hydrogen-bond acceptors (Lipinski definition) is 5. The first-order valence-corrected chi connectivity index (χ1v) is 7.27. The molecule has 0 aliphatic rings. The lowest BCUT2D eigenvalue weighted by molar-refractivity contribution is 0.00707. The number of rotatable bonds is 4. The molecule has 106 valence electrons. The van der Waals surface area contributed by atoms with E-state index in [9.17, 15) is 4.79 Å². The number of benzene rings is 1. The van der Waals surface area contributed by atoms with Crippen LogP contribution < -0.4 is 5.32 Å². The molecule has 0 atom stereocenters. The Balaban J connectivity index is 2.11. The predicted molar refractivity (Wildman–Crippen MR) is 81.1 cm³/mol. The van der Waals surface area contributed by atoms with Crippen molar-refractivity contribution in [1.29, 1.82) is 0 Å². The van der Waals surface area contributed by atoms with Gasteiger partial charge in [0.1, 0.15) is 5.60 Å². The SMILES string of the molecule is CC(C)(C)OC(=O)c1ccccc1NCc1cncs1. The zero-order valence-corrected chi connectivity index (χ0v) is 12.7. The first-order valence-electron chi connectivity index (χ1n) is 6.39. The molecule has 20 heavy (non-hydrogen) atoms. The molecule has 0 amide bonds. The van der Waals surface area contributed by atoms with Gasteiger partial charge < -0.3 is 10.1 Å². The van der Waals surface area contributed by atoms with Gasteiger partial charge in [-0.15, -0.1) is 11.3 Å². The summed E-state index contributed by atoms with van der Waals surface area (Å²) in [4.78, 5) is 17.3. The van der Waals surface area contributed by atoms with Crippen LogP contribution >= 0.6 is 11.3 Å². The molecule has 0 unspecified atom stereocenters. The van der Waals surface area contributed by atoms with Gasteiger partial charge in [0, 0.05) is 16.8 Å². The standard InChI is InChI=1S/C15H18N2O2S/c1-15(2,3)19-14(18)12-6-4-5-7-13(12)17-9-11-8-16-10-20-11/h4-8,10,17H,9H2,1-3H3. The third kappa shape index (κ3) is 4.06. The average Bonchev–Trinajstić information content (AvgIpc) is 2.87. The lowest BCUT2D eigenvalue weighted by Gasteiger charge is -2.20. The van der Waals surface area contributed by atoms with Crippen LogP contribution in [-0.4, -0.2) is 16.6 Å².